The van der Waals surface area contributed by atoms with E-state index in [-0.39, 0.29) is 5.57 Å². The summed E-state index contributed by atoms with van der Waals surface area (Å²) in [5, 5.41) is 12.1. The Labute approximate surface area is 150 Å². The van der Waals surface area contributed by atoms with E-state index < -0.39 is 5.91 Å². The minimum absolute atomic E-state index is 0.0877. The Bertz CT molecular complexity index is 965. The van der Waals surface area contributed by atoms with E-state index in [1.807, 2.05) is 79.7 Å². The zero-order valence-electron chi connectivity index (χ0n) is 13.7. The van der Waals surface area contributed by atoms with E-state index in [1.165, 1.54) is 0 Å². The maximum atomic E-state index is 12.4. The maximum absolute atomic E-state index is 12.4. The Balaban J connectivity index is 1.81. The van der Waals surface area contributed by atoms with Crippen molar-refractivity contribution < 1.29 is 4.79 Å². The molecule has 4 heteroatoms. The molecule has 1 N–H and O–H groups in total. The number of nitriles is 1. The molecule has 0 bridgehead atoms. The number of benzene rings is 2. The molecule has 2 aromatic carbocycles. The molecule has 0 fully saturated rings. The summed E-state index contributed by atoms with van der Waals surface area (Å²) in [5.74, 6) is -0.397. The van der Waals surface area contributed by atoms with Crippen LogP contribution < -0.4 is 5.32 Å². The number of rotatable bonds is 4. The van der Waals surface area contributed by atoms with Crippen molar-refractivity contribution in [3.63, 3.8) is 0 Å². The number of carbonyl (C=O) groups excluding carboxylic acids is 1. The van der Waals surface area contributed by atoms with Gasteiger partial charge in [0.1, 0.15) is 11.6 Å². The van der Waals surface area contributed by atoms with Crippen molar-refractivity contribution in [1.82, 2.24) is 0 Å². The average molecular weight is 344 g/mol. The normalized spacial score (nSPS) is 11.0. The third-order valence-electron chi connectivity index (χ3n) is 3.73. The summed E-state index contributed by atoms with van der Waals surface area (Å²) in [6, 6.07) is 23.4. The Morgan fingerprint density at radius 2 is 1.76 bits per heavy atom. The van der Waals surface area contributed by atoms with Crippen LogP contribution >= 0.6 is 11.3 Å². The predicted molar refractivity (Wildman–Crippen MR) is 103 cm³/mol. The lowest BCUT2D eigenvalue weighted by atomic mass is 10.1. The van der Waals surface area contributed by atoms with Gasteiger partial charge in [-0.1, -0.05) is 48.5 Å². The molecule has 3 nitrogen and oxygen atoms in total. The van der Waals surface area contributed by atoms with Crippen LogP contribution in [0.5, 0.6) is 0 Å². The molecule has 25 heavy (non-hydrogen) atoms. The minimum Gasteiger partial charge on any atom is -0.321 e. The predicted octanol–water partition coefficient (Wildman–Crippen LogP) is 5.27. The van der Waals surface area contributed by atoms with E-state index in [4.69, 9.17) is 0 Å². The summed E-state index contributed by atoms with van der Waals surface area (Å²) in [4.78, 5) is 14.4. The molecule has 3 aromatic rings. The highest BCUT2D eigenvalue weighted by atomic mass is 32.1. The van der Waals surface area contributed by atoms with Crippen LogP contribution in [0.3, 0.4) is 0 Å². The van der Waals surface area contributed by atoms with Crippen molar-refractivity contribution in [2.75, 3.05) is 5.32 Å². The summed E-state index contributed by atoms with van der Waals surface area (Å²) < 4.78 is 0. The number of amides is 1. The number of nitrogens with one attached hydrogen (secondary N) is 1. The van der Waals surface area contributed by atoms with Gasteiger partial charge >= 0.3 is 0 Å². The quantitative estimate of drug-likeness (QED) is 0.518. The lowest BCUT2D eigenvalue weighted by Crippen LogP contribution is -2.14. The first kappa shape index (κ1) is 16.7. The van der Waals surface area contributed by atoms with Crippen LogP contribution in [0.25, 0.3) is 16.5 Å². The molecule has 0 aliphatic rings. The van der Waals surface area contributed by atoms with Gasteiger partial charge in [-0.3, -0.25) is 4.79 Å². The highest BCUT2D eigenvalue weighted by Crippen LogP contribution is 2.29. The van der Waals surface area contributed by atoms with Gasteiger partial charge in [-0.25, -0.2) is 0 Å². The van der Waals surface area contributed by atoms with Gasteiger partial charge in [0, 0.05) is 15.4 Å². The SMILES string of the molecule is Cc1ccccc1NC(=O)/C(C#N)=C/c1ccc(-c2ccccc2)s1. The zero-order chi connectivity index (χ0) is 17.6. The second-order valence-electron chi connectivity index (χ2n) is 5.51. The fourth-order valence-electron chi connectivity index (χ4n) is 2.38. The first-order valence-corrected chi connectivity index (χ1v) is 8.63. The molecular weight excluding hydrogens is 328 g/mol. The summed E-state index contributed by atoms with van der Waals surface area (Å²) in [5.41, 5.74) is 2.88. The fraction of sp³-hybridized carbons (Fsp3) is 0.0476. The van der Waals surface area contributed by atoms with Gasteiger partial charge in [0.15, 0.2) is 0 Å². The Hall–Kier alpha value is -3.16. The largest absolute Gasteiger partial charge is 0.321 e. The minimum atomic E-state index is -0.397. The van der Waals surface area contributed by atoms with Gasteiger partial charge in [0.05, 0.1) is 0 Å². The number of hydrogen-bond acceptors (Lipinski definition) is 3. The van der Waals surface area contributed by atoms with Crippen molar-refractivity contribution in [3.05, 3.63) is 82.7 Å². The molecule has 122 valence electrons. The van der Waals surface area contributed by atoms with Gasteiger partial charge in [-0.2, -0.15) is 5.26 Å². The van der Waals surface area contributed by atoms with E-state index in [2.05, 4.69) is 5.32 Å². The van der Waals surface area contributed by atoms with Crippen LogP contribution in [0.4, 0.5) is 5.69 Å². The lowest BCUT2D eigenvalue weighted by molar-refractivity contribution is -0.112. The molecule has 3 rings (SSSR count). The molecule has 0 atom stereocenters. The van der Waals surface area contributed by atoms with E-state index in [0.29, 0.717) is 5.69 Å². The number of carbonyl (C=O) groups is 1. The number of aryl methyl sites for hydroxylation is 1. The van der Waals surface area contributed by atoms with E-state index >= 15 is 0 Å². The molecule has 1 heterocycles. The van der Waals surface area contributed by atoms with Crippen LogP contribution in [0.15, 0.2) is 72.3 Å². The molecule has 0 spiro atoms. The molecule has 1 aromatic heterocycles. The second kappa shape index (κ2) is 7.61. The van der Waals surface area contributed by atoms with Crippen LogP contribution in [0.1, 0.15) is 10.4 Å². The molecule has 0 unspecified atom stereocenters. The lowest BCUT2D eigenvalue weighted by Gasteiger charge is -2.06. The Morgan fingerprint density at radius 1 is 1.04 bits per heavy atom. The van der Waals surface area contributed by atoms with Gasteiger partial charge in [-0.05, 0) is 42.3 Å². The van der Waals surface area contributed by atoms with Crippen molar-refractivity contribution in [3.8, 4) is 16.5 Å². The molecule has 0 aliphatic carbocycles. The Kier molecular flexibility index (Phi) is 5.08. The number of nitrogens with zero attached hydrogens (tertiary/aromatic N) is 1. The van der Waals surface area contributed by atoms with Crippen molar-refractivity contribution in [2.24, 2.45) is 0 Å². The molecular formula is C21H16N2OS. The van der Waals surface area contributed by atoms with Crippen LogP contribution in [0, 0.1) is 18.3 Å². The van der Waals surface area contributed by atoms with Gasteiger partial charge in [-0.15, -0.1) is 11.3 Å². The molecule has 0 saturated carbocycles. The number of para-hydroxylation sites is 1. The van der Waals surface area contributed by atoms with Crippen LogP contribution in [-0.4, -0.2) is 5.91 Å². The first-order valence-electron chi connectivity index (χ1n) is 7.81. The topological polar surface area (TPSA) is 52.9 Å². The first-order chi connectivity index (χ1) is 12.2. The van der Waals surface area contributed by atoms with E-state index in [0.717, 1.165) is 20.9 Å². The highest BCUT2D eigenvalue weighted by Gasteiger charge is 2.11. The molecule has 1 amide bonds. The second-order valence-corrected chi connectivity index (χ2v) is 6.62. The Morgan fingerprint density at radius 3 is 2.48 bits per heavy atom. The number of thiophene rings is 1. The van der Waals surface area contributed by atoms with Crippen molar-refractivity contribution in [2.45, 2.75) is 6.92 Å². The number of hydrogen-bond donors (Lipinski definition) is 1. The summed E-state index contributed by atoms with van der Waals surface area (Å²) in [7, 11) is 0. The standard InChI is InChI=1S/C21H16N2OS/c1-15-7-5-6-10-19(15)23-21(24)17(14-22)13-18-11-12-20(25-18)16-8-3-2-4-9-16/h2-13H,1H3,(H,23,24)/b17-13+. The van der Waals surface area contributed by atoms with Crippen molar-refractivity contribution in [1.29, 1.82) is 5.26 Å². The summed E-state index contributed by atoms with van der Waals surface area (Å²) in [6.07, 6.45) is 1.63. The third kappa shape index (κ3) is 4.03. The molecule has 0 aliphatic heterocycles. The van der Waals surface area contributed by atoms with Crippen molar-refractivity contribution >= 4 is 29.0 Å². The summed E-state index contributed by atoms with van der Waals surface area (Å²) >= 11 is 1.55. The van der Waals surface area contributed by atoms with Crippen LogP contribution in [-0.2, 0) is 4.79 Å². The van der Waals surface area contributed by atoms with Gasteiger partial charge in [0.2, 0.25) is 0 Å². The zero-order valence-corrected chi connectivity index (χ0v) is 14.5. The third-order valence-corrected chi connectivity index (χ3v) is 4.81. The average Bonchev–Trinajstić information content (AvgIpc) is 3.11. The van der Waals surface area contributed by atoms with E-state index in [1.54, 1.807) is 17.4 Å². The molecule has 0 saturated heterocycles. The maximum Gasteiger partial charge on any atom is 0.266 e. The smallest absolute Gasteiger partial charge is 0.266 e. The monoisotopic (exact) mass is 344 g/mol. The fourth-order valence-corrected chi connectivity index (χ4v) is 3.34. The number of anilines is 1. The summed E-state index contributed by atoms with van der Waals surface area (Å²) in [6.45, 7) is 1.91. The highest BCUT2D eigenvalue weighted by molar-refractivity contribution is 7.16. The van der Waals surface area contributed by atoms with Gasteiger partial charge in [0.25, 0.3) is 5.91 Å². The van der Waals surface area contributed by atoms with Gasteiger partial charge < -0.3 is 5.32 Å². The van der Waals surface area contributed by atoms with Crippen LogP contribution in [0.2, 0.25) is 0 Å². The molecule has 0 radical (unpaired) electrons. The van der Waals surface area contributed by atoms with E-state index in [9.17, 15) is 10.1 Å².